The van der Waals surface area contributed by atoms with Gasteiger partial charge in [0.05, 0.1) is 4.92 Å². The number of thioether (sulfide) groups is 1. The lowest BCUT2D eigenvalue weighted by atomic mass is 10.0. The first-order valence-electron chi connectivity index (χ1n) is 7.00. The van der Waals surface area contributed by atoms with Gasteiger partial charge in [-0.2, -0.15) is 0 Å². The Kier molecular flexibility index (Phi) is 7.30. The van der Waals surface area contributed by atoms with Crippen molar-refractivity contribution >= 4 is 22.6 Å². The number of carbonyl (C=O) groups is 1. The van der Waals surface area contributed by atoms with E-state index in [0.29, 0.717) is 0 Å². The Morgan fingerprint density at radius 2 is 1.90 bits per heavy atom. The molecule has 0 radical (unpaired) electrons. The van der Waals surface area contributed by atoms with Crippen LogP contribution in [0.15, 0.2) is 29.2 Å². The summed E-state index contributed by atoms with van der Waals surface area (Å²) >= 11 is 1.17. The van der Waals surface area contributed by atoms with Crippen LogP contribution in [0.2, 0.25) is 0 Å². The number of rotatable bonds is 8. The smallest absolute Gasteiger partial charge is 0.269 e. The summed E-state index contributed by atoms with van der Waals surface area (Å²) in [6.45, 7) is 4.12. The summed E-state index contributed by atoms with van der Waals surface area (Å²) in [5.41, 5.74) is 0.0504. The third kappa shape index (κ3) is 5.74. The molecule has 0 aromatic heterocycles. The topological polar surface area (TPSA) is 60.2 Å². The summed E-state index contributed by atoms with van der Waals surface area (Å²) in [6.07, 6.45) is 5.59. The van der Waals surface area contributed by atoms with E-state index in [1.807, 2.05) is 6.92 Å². The lowest BCUT2D eigenvalue weighted by Crippen LogP contribution is -2.06. The molecule has 1 unspecified atom stereocenters. The van der Waals surface area contributed by atoms with Crippen LogP contribution in [0, 0.1) is 16.0 Å². The first-order chi connectivity index (χ1) is 9.54. The summed E-state index contributed by atoms with van der Waals surface area (Å²) in [6, 6.07) is 6.12. The monoisotopic (exact) mass is 295 g/mol. The molecule has 0 amide bonds. The molecule has 0 aliphatic heterocycles. The van der Waals surface area contributed by atoms with Crippen molar-refractivity contribution in [3.8, 4) is 0 Å². The minimum Gasteiger partial charge on any atom is -0.287 e. The summed E-state index contributed by atoms with van der Waals surface area (Å²) in [5, 5.41) is 10.7. The second-order valence-electron chi connectivity index (χ2n) is 4.92. The van der Waals surface area contributed by atoms with Crippen LogP contribution in [-0.2, 0) is 4.79 Å². The molecule has 0 aliphatic rings. The number of hydrogen-bond acceptors (Lipinski definition) is 4. The molecule has 0 heterocycles. The van der Waals surface area contributed by atoms with Gasteiger partial charge in [-0.1, -0.05) is 51.3 Å². The van der Waals surface area contributed by atoms with Gasteiger partial charge < -0.3 is 0 Å². The molecular weight excluding hydrogens is 274 g/mol. The highest BCUT2D eigenvalue weighted by Gasteiger charge is 2.14. The molecule has 0 bridgehead atoms. The van der Waals surface area contributed by atoms with Crippen LogP contribution in [-0.4, -0.2) is 10.0 Å². The second-order valence-corrected chi connectivity index (χ2v) is 6.00. The van der Waals surface area contributed by atoms with E-state index < -0.39 is 4.92 Å². The van der Waals surface area contributed by atoms with Crippen molar-refractivity contribution in [2.75, 3.05) is 0 Å². The average molecular weight is 295 g/mol. The first kappa shape index (κ1) is 16.7. The van der Waals surface area contributed by atoms with Crippen LogP contribution in [0.5, 0.6) is 0 Å². The molecule has 1 rings (SSSR count). The van der Waals surface area contributed by atoms with Crippen LogP contribution >= 0.6 is 11.8 Å². The molecule has 5 heteroatoms. The highest BCUT2D eigenvalue weighted by Crippen LogP contribution is 2.26. The summed E-state index contributed by atoms with van der Waals surface area (Å²) in [7, 11) is 0. The number of carbonyl (C=O) groups excluding carboxylic acids is 1. The van der Waals surface area contributed by atoms with Gasteiger partial charge in [-0.3, -0.25) is 14.9 Å². The van der Waals surface area contributed by atoms with Crippen molar-refractivity contribution < 1.29 is 9.72 Å². The molecule has 0 saturated heterocycles. The number of nitro benzene ring substituents is 1. The fraction of sp³-hybridized carbons (Fsp3) is 0.533. The second kappa shape index (κ2) is 8.74. The number of unbranched alkanes of at least 4 members (excludes halogenated alkanes) is 3. The SMILES string of the molecule is CCCCCCC(C)C(=O)Sc1ccc([N+](=O)[O-])cc1. The van der Waals surface area contributed by atoms with Crippen molar-refractivity contribution in [1.82, 2.24) is 0 Å². The van der Waals surface area contributed by atoms with Gasteiger partial charge in [-0.25, -0.2) is 0 Å². The van der Waals surface area contributed by atoms with Crippen LogP contribution in [0.1, 0.15) is 46.0 Å². The van der Waals surface area contributed by atoms with Gasteiger partial charge in [0.25, 0.3) is 5.69 Å². The van der Waals surface area contributed by atoms with Gasteiger partial charge in [-0.05, 0) is 18.6 Å². The molecule has 20 heavy (non-hydrogen) atoms. The quantitative estimate of drug-likeness (QED) is 0.298. The molecule has 0 fully saturated rings. The largest absolute Gasteiger partial charge is 0.287 e. The van der Waals surface area contributed by atoms with E-state index in [1.165, 1.54) is 43.2 Å². The Morgan fingerprint density at radius 1 is 1.25 bits per heavy atom. The third-order valence-electron chi connectivity index (χ3n) is 3.16. The maximum Gasteiger partial charge on any atom is 0.269 e. The van der Waals surface area contributed by atoms with E-state index in [2.05, 4.69) is 6.92 Å². The predicted molar refractivity (Wildman–Crippen MR) is 81.9 cm³/mol. The van der Waals surface area contributed by atoms with Gasteiger partial charge in [0.1, 0.15) is 0 Å². The first-order valence-corrected chi connectivity index (χ1v) is 7.82. The van der Waals surface area contributed by atoms with Gasteiger partial charge in [-0.15, -0.1) is 0 Å². The fourth-order valence-corrected chi connectivity index (χ4v) is 2.67. The number of nitro groups is 1. The zero-order valence-corrected chi connectivity index (χ0v) is 12.8. The Hall–Kier alpha value is -1.36. The number of hydrogen-bond donors (Lipinski definition) is 0. The Morgan fingerprint density at radius 3 is 2.45 bits per heavy atom. The van der Waals surface area contributed by atoms with Crippen LogP contribution in [0.3, 0.4) is 0 Å². The van der Waals surface area contributed by atoms with E-state index in [1.54, 1.807) is 12.1 Å². The molecule has 0 saturated carbocycles. The molecule has 1 aromatic rings. The molecule has 0 N–H and O–H groups in total. The van der Waals surface area contributed by atoms with Gasteiger partial charge in [0.15, 0.2) is 5.12 Å². The van der Waals surface area contributed by atoms with E-state index in [9.17, 15) is 14.9 Å². The molecule has 0 aliphatic carbocycles. The Balaban J connectivity index is 2.42. The highest BCUT2D eigenvalue weighted by molar-refractivity contribution is 8.13. The third-order valence-corrected chi connectivity index (χ3v) is 4.27. The van der Waals surface area contributed by atoms with Gasteiger partial charge >= 0.3 is 0 Å². The molecule has 1 atom stereocenters. The zero-order valence-electron chi connectivity index (χ0n) is 12.0. The Bertz CT molecular complexity index is 445. The normalized spacial score (nSPS) is 12.1. The van der Waals surface area contributed by atoms with Crippen LogP contribution in [0.25, 0.3) is 0 Å². The summed E-state index contributed by atoms with van der Waals surface area (Å²) in [4.78, 5) is 22.9. The number of benzene rings is 1. The van der Waals surface area contributed by atoms with E-state index in [-0.39, 0.29) is 16.7 Å². The predicted octanol–water partition coefficient (Wildman–Crippen LogP) is 4.82. The molecule has 1 aromatic carbocycles. The minimum absolute atomic E-state index is 0.0343. The van der Waals surface area contributed by atoms with Crippen molar-refractivity contribution in [2.45, 2.75) is 50.8 Å². The van der Waals surface area contributed by atoms with Crippen LogP contribution in [0.4, 0.5) is 5.69 Å². The van der Waals surface area contributed by atoms with Gasteiger partial charge in [0, 0.05) is 22.9 Å². The standard InChI is InChI=1S/C15H21NO3S/c1-3-4-5-6-7-12(2)15(17)20-14-10-8-13(9-11-14)16(18)19/h8-12H,3-7H2,1-2H3. The van der Waals surface area contributed by atoms with E-state index >= 15 is 0 Å². The number of non-ortho nitro benzene ring substituents is 1. The highest BCUT2D eigenvalue weighted by atomic mass is 32.2. The average Bonchev–Trinajstić information content (AvgIpc) is 2.44. The number of nitrogens with zero attached hydrogens (tertiary/aromatic N) is 1. The fourth-order valence-electron chi connectivity index (χ4n) is 1.85. The summed E-state index contributed by atoms with van der Waals surface area (Å²) < 4.78 is 0. The lowest BCUT2D eigenvalue weighted by Gasteiger charge is -2.09. The lowest BCUT2D eigenvalue weighted by molar-refractivity contribution is -0.384. The molecule has 110 valence electrons. The molecule has 0 spiro atoms. The van der Waals surface area contributed by atoms with Crippen molar-refractivity contribution in [2.24, 2.45) is 5.92 Å². The summed E-state index contributed by atoms with van der Waals surface area (Å²) in [5.74, 6) is 0.0343. The molecular formula is C15H21NO3S. The van der Waals surface area contributed by atoms with Crippen molar-refractivity contribution in [1.29, 1.82) is 0 Å². The zero-order chi connectivity index (χ0) is 15.0. The molecule has 4 nitrogen and oxygen atoms in total. The van der Waals surface area contributed by atoms with Gasteiger partial charge in [0.2, 0.25) is 0 Å². The van der Waals surface area contributed by atoms with Crippen molar-refractivity contribution in [3.05, 3.63) is 34.4 Å². The van der Waals surface area contributed by atoms with E-state index in [4.69, 9.17) is 0 Å². The van der Waals surface area contributed by atoms with Crippen LogP contribution < -0.4 is 0 Å². The maximum atomic E-state index is 12.0. The maximum absolute atomic E-state index is 12.0. The van der Waals surface area contributed by atoms with Crippen molar-refractivity contribution in [3.63, 3.8) is 0 Å². The minimum atomic E-state index is -0.438. The Labute approximate surface area is 124 Å². The van der Waals surface area contributed by atoms with E-state index in [0.717, 1.165) is 17.7 Å².